The van der Waals surface area contributed by atoms with Crippen molar-refractivity contribution in [3.63, 3.8) is 0 Å². The van der Waals surface area contributed by atoms with E-state index in [2.05, 4.69) is 10.0 Å². The summed E-state index contributed by atoms with van der Waals surface area (Å²) in [6.07, 6.45) is 2.60. The molecule has 1 aromatic heterocycles. The lowest BCUT2D eigenvalue weighted by Gasteiger charge is -2.35. The van der Waals surface area contributed by atoms with Gasteiger partial charge in [0.15, 0.2) is 0 Å². The van der Waals surface area contributed by atoms with Crippen LogP contribution in [0.4, 0.5) is 0 Å². The standard InChI is InChI=1S/C15H15N3O3/c1-9-11-8-10(14(19)20-2)4-5-12(11)21-13(9)15(17-18-16)6-3-7-15/h4-5,8H,3,6-7H2,1-2H3. The highest BCUT2D eigenvalue weighted by molar-refractivity contribution is 5.95. The zero-order valence-electron chi connectivity index (χ0n) is 11.9. The van der Waals surface area contributed by atoms with E-state index in [4.69, 9.17) is 14.7 Å². The van der Waals surface area contributed by atoms with Crippen LogP contribution in [0.25, 0.3) is 21.4 Å². The lowest BCUT2D eigenvalue weighted by molar-refractivity contribution is 0.0601. The molecule has 1 aromatic carbocycles. The van der Waals surface area contributed by atoms with Crippen LogP contribution in [0.15, 0.2) is 27.7 Å². The zero-order chi connectivity index (χ0) is 15.0. The maximum atomic E-state index is 11.6. The lowest BCUT2D eigenvalue weighted by Crippen LogP contribution is -2.31. The first kappa shape index (κ1) is 13.5. The molecular formula is C15H15N3O3. The molecule has 1 saturated carbocycles. The fraction of sp³-hybridized carbons (Fsp3) is 0.400. The van der Waals surface area contributed by atoms with Crippen molar-refractivity contribution >= 4 is 16.9 Å². The smallest absolute Gasteiger partial charge is 0.337 e. The van der Waals surface area contributed by atoms with E-state index in [9.17, 15) is 4.79 Å². The summed E-state index contributed by atoms with van der Waals surface area (Å²) in [6, 6.07) is 5.17. The number of rotatable bonds is 3. The number of carbonyl (C=O) groups excluding carboxylic acids is 1. The second-order valence-electron chi connectivity index (χ2n) is 5.33. The Morgan fingerprint density at radius 1 is 1.48 bits per heavy atom. The third-order valence-corrected chi connectivity index (χ3v) is 4.20. The van der Waals surface area contributed by atoms with E-state index < -0.39 is 5.54 Å². The molecule has 0 amide bonds. The van der Waals surface area contributed by atoms with Gasteiger partial charge in [0.25, 0.3) is 0 Å². The number of methoxy groups -OCH3 is 1. The van der Waals surface area contributed by atoms with Gasteiger partial charge in [0, 0.05) is 10.3 Å². The molecule has 0 saturated heterocycles. The quantitative estimate of drug-likeness (QED) is 0.366. The van der Waals surface area contributed by atoms with Crippen LogP contribution in [0.5, 0.6) is 0 Å². The second-order valence-corrected chi connectivity index (χ2v) is 5.33. The minimum Gasteiger partial charge on any atom is -0.465 e. The molecular weight excluding hydrogens is 270 g/mol. The van der Waals surface area contributed by atoms with Gasteiger partial charge in [0.1, 0.15) is 16.9 Å². The van der Waals surface area contributed by atoms with Gasteiger partial charge in [-0.05, 0) is 49.1 Å². The Labute approximate surface area is 121 Å². The van der Waals surface area contributed by atoms with Crippen LogP contribution >= 0.6 is 0 Å². The van der Waals surface area contributed by atoms with Crippen molar-refractivity contribution in [1.82, 2.24) is 0 Å². The summed E-state index contributed by atoms with van der Waals surface area (Å²) in [6.45, 7) is 1.93. The molecule has 3 rings (SSSR count). The number of esters is 1. The Bertz CT molecular complexity index is 768. The Kier molecular flexibility index (Phi) is 3.11. The van der Waals surface area contributed by atoms with Crippen LogP contribution < -0.4 is 0 Å². The van der Waals surface area contributed by atoms with Crippen LogP contribution in [0.3, 0.4) is 0 Å². The highest BCUT2D eigenvalue weighted by Crippen LogP contribution is 2.48. The normalized spacial score (nSPS) is 16.1. The van der Waals surface area contributed by atoms with Gasteiger partial charge in [-0.1, -0.05) is 11.5 Å². The molecule has 0 N–H and O–H groups in total. The number of furan rings is 1. The maximum Gasteiger partial charge on any atom is 0.337 e. The number of hydrogen-bond acceptors (Lipinski definition) is 4. The molecule has 0 spiro atoms. The summed E-state index contributed by atoms with van der Waals surface area (Å²) in [5.74, 6) is 0.330. The molecule has 0 unspecified atom stereocenters. The summed E-state index contributed by atoms with van der Waals surface area (Å²) in [7, 11) is 1.35. The Morgan fingerprint density at radius 3 is 2.81 bits per heavy atom. The van der Waals surface area contributed by atoms with Gasteiger partial charge in [-0.3, -0.25) is 0 Å². The van der Waals surface area contributed by atoms with E-state index in [1.165, 1.54) is 7.11 Å². The molecule has 108 valence electrons. The molecule has 2 aromatic rings. The van der Waals surface area contributed by atoms with Crippen molar-refractivity contribution in [3.05, 3.63) is 45.5 Å². The van der Waals surface area contributed by atoms with Gasteiger partial charge in [-0.2, -0.15) is 0 Å². The van der Waals surface area contributed by atoms with Crippen LogP contribution in [-0.4, -0.2) is 13.1 Å². The van der Waals surface area contributed by atoms with Crippen molar-refractivity contribution < 1.29 is 13.9 Å². The summed E-state index contributed by atoms with van der Waals surface area (Å²) in [5.41, 5.74) is 10.3. The number of aryl methyl sites for hydroxylation is 1. The van der Waals surface area contributed by atoms with E-state index in [1.54, 1.807) is 18.2 Å². The molecule has 1 aliphatic rings. The molecule has 0 aliphatic heterocycles. The largest absolute Gasteiger partial charge is 0.465 e. The third kappa shape index (κ3) is 1.96. The van der Waals surface area contributed by atoms with Crippen molar-refractivity contribution in [2.75, 3.05) is 7.11 Å². The van der Waals surface area contributed by atoms with E-state index in [0.29, 0.717) is 16.9 Å². The van der Waals surface area contributed by atoms with Gasteiger partial charge < -0.3 is 9.15 Å². The Hall–Kier alpha value is -2.46. The van der Waals surface area contributed by atoms with E-state index >= 15 is 0 Å². The predicted octanol–water partition coefficient (Wildman–Crippen LogP) is 4.22. The molecule has 1 aliphatic carbocycles. The molecule has 0 radical (unpaired) electrons. The van der Waals surface area contributed by atoms with Crippen molar-refractivity contribution in [2.45, 2.75) is 31.7 Å². The first-order chi connectivity index (χ1) is 10.1. The highest BCUT2D eigenvalue weighted by atomic mass is 16.5. The third-order valence-electron chi connectivity index (χ3n) is 4.20. The van der Waals surface area contributed by atoms with Crippen LogP contribution in [0, 0.1) is 6.92 Å². The zero-order valence-corrected chi connectivity index (χ0v) is 11.9. The molecule has 21 heavy (non-hydrogen) atoms. The first-order valence-corrected chi connectivity index (χ1v) is 6.79. The average molecular weight is 285 g/mol. The molecule has 1 heterocycles. The monoisotopic (exact) mass is 285 g/mol. The summed E-state index contributed by atoms with van der Waals surface area (Å²) in [5, 5.41) is 4.81. The molecule has 0 bridgehead atoms. The van der Waals surface area contributed by atoms with Crippen LogP contribution in [0.1, 0.15) is 40.9 Å². The SMILES string of the molecule is COC(=O)c1ccc2oc(C3(N=[N+]=[N-])CCC3)c(C)c2c1. The second kappa shape index (κ2) is 4.82. The van der Waals surface area contributed by atoms with Crippen LogP contribution in [-0.2, 0) is 10.3 Å². The van der Waals surface area contributed by atoms with Gasteiger partial charge in [0.05, 0.1) is 12.7 Å². The number of fused-ring (bicyclic) bond motifs is 1. The van der Waals surface area contributed by atoms with Gasteiger partial charge >= 0.3 is 5.97 Å². The first-order valence-electron chi connectivity index (χ1n) is 6.79. The van der Waals surface area contributed by atoms with E-state index in [1.807, 2.05) is 6.92 Å². The lowest BCUT2D eigenvalue weighted by atomic mass is 9.74. The number of ether oxygens (including phenoxy) is 1. The fourth-order valence-electron chi connectivity index (χ4n) is 2.88. The summed E-state index contributed by atoms with van der Waals surface area (Å²) in [4.78, 5) is 14.6. The fourth-order valence-corrected chi connectivity index (χ4v) is 2.88. The van der Waals surface area contributed by atoms with E-state index in [0.717, 1.165) is 30.2 Å². The van der Waals surface area contributed by atoms with Crippen molar-refractivity contribution in [2.24, 2.45) is 5.11 Å². The Morgan fingerprint density at radius 2 is 2.24 bits per heavy atom. The number of nitrogens with zero attached hydrogens (tertiary/aromatic N) is 3. The summed E-state index contributed by atoms with van der Waals surface area (Å²) < 4.78 is 10.6. The predicted molar refractivity (Wildman–Crippen MR) is 77.0 cm³/mol. The number of hydrogen-bond donors (Lipinski definition) is 0. The number of benzene rings is 1. The topological polar surface area (TPSA) is 88.2 Å². The number of carbonyl (C=O) groups is 1. The highest BCUT2D eigenvalue weighted by Gasteiger charge is 2.42. The molecule has 6 heteroatoms. The van der Waals surface area contributed by atoms with E-state index in [-0.39, 0.29) is 5.97 Å². The minimum absolute atomic E-state index is 0.382. The van der Waals surface area contributed by atoms with Gasteiger partial charge in [0.2, 0.25) is 0 Å². The Balaban J connectivity index is 2.16. The molecule has 1 fully saturated rings. The summed E-state index contributed by atoms with van der Waals surface area (Å²) >= 11 is 0. The van der Waals surface area contributed by atoms with Crippen molar-refractivity contribution in [3.8, 4) is 0 Å². The molecule has 6 nitrogen and oxygen atoms in total. The van der Waals surface area contributed by atoms with Crippen molar-refractivity contribution in [1.29, 1.82) is 0 Å². The maximum absolute atomic E-state index is 11.6. The average Bonchev–Trinajstić information content (AvgIpc) is 2.79. The van der Waals surface area contributed by atoms with Gasteiger partial charge in [-0.15, -0.1) is 0 Å². The molecule has 0 atom stereocenters. The number of azide groups is 1. The van der Waals surface area contributed by atoms with Gasteiger partial charge in [-0.25, -0.2) is 4.79 Å². The minimum atomic E-state index is -0.566. The van der Waals surface area contributed by atoms with Crippen LogP contribution in [0.2, 0.25) is 0 Å².